The van der Waals surface area contributed by atoms with Crippen molar-refractivity contribution in [2.45, 2.75) is 18.9 Å². The highest BCUT2D eigenvalue weighted by atomic mass is 16.5. The number of nitrogens with one attached hydrogen (secondary N) is 1. The van der Waals surface area contributed by atoms with Crippen molar-refractivity contribution < 1.29 is 9.15 Å². The van der Waals surface area contributed by atoms with Gasteiger partial charge in [0.1, 0.15) is 11.5 Å². The van der Waals surface area contributed by atoms with Crippen LogP contribution < -0.4 is 16.0 Å². The second-order valence-electron chi connectivity index (χ2n) is 4.10. The molecule has 96 valence electrons. The number of hydrogen-bond donors (Lipinski definition) is 2. The van der Waals surface area contributed by atoms with Crippen LogP contribution in [-0.2, 0) is 6.42 Å². The molecular formula is C14H18N2O2. The molecule has 0 spiro atoms. The van der Waals surface area contributed by atoms with Crippen molar-refractivity contribution in [1.82, 2.24) is 5.43 Å². The van der Waals surface area contributed by atoms with E-state index in [1.165, 1.54) is 0 Å². The Morgan fingerprint density at radius 2 is 2.00 bits per heavy atom. The number of benzene rings is 1. The summed E-state index contributed by atoms with van der Waals surface area (Å²) in [5.41, 5.74) is 2.79. The number of furan rings is 1. The summed E-state index contributed by atoms with van der Waals surface area (Å²) in [7, 11) is 0. The van der Waals surface area contributed by atoms with E-state index in [0.29, 0.717) is 6.61 Å². The van der Waals surface area contributed by atoms with E-state index in [1.807, 2.05) is 42.5 Å². The van der Waals surface area contributed by atoms with Gasteiger partial charge < -0.3 is 9.15 Å². The van der Waals surface area contributed by atoms with E-state index < -0.39 is 0 Å². The fourth-order valence-electron chi connectivity index (χ4n) is 1.75. The van der Waals surface area contributed by atoms with E-state index in [4.69, 9.17) is 15.0 Å². The summed E-state index contributed by atoms with van der Waals surface area (Å²) < 4.78 is 10.9. The number of ether oxygens (including phenoxy) is 1. The third-order valence-electron chi connectivity index (χ3n) is 2.74. The summed E-state index contributed by atoms with van der Waals surface area (Å²) in [5, 5.41) is 0. The SMILES string of the molecule is NNC(CCOc1ccccc1)Cc1ccco1. The second kappa shape index (κ2) is 6.83. The van der Waals surface area contributed by atoms with Gasteiger partial charge in [0.2, 0.25) is 0 Å². The molecule has 2 aromatic rings. The van der Waals surface area contributed by atoms with E-state index in [9.17, 15) is 0 Å². The summed E-state index contributed by atoms with van der Waals surface area (Å²) in [4.78, 5) is 0. The molecule has 0 fully saturated rings. The van der Waals surface area contributed by atoms with Gasteiger partial charge in [-0.2, -0.15) is 0 Å². The Labute approximate surface area is 107 Å². The zero-order chi connectivity index (χ0) is 12.6. The summed E-state index contributed by atoms with van der Waals surface area (Å²) in [6.07, 6.45) is 3.26. The lowest BCUT2D eigenvalue weighted by atomic mass is 10.1. The minimum Gasteiger partial charge on any atom is -0.494 e. The van der Waals surface area contributed by atoms with Crippen LogP contribution in [0.3, 0.4) is 0 Å². The highest BCUT2D eigenvalue weighted by Crippen LogP contribution is 2.10. The first-order valence-electron chi connectivity index (χ1n) is 6.05. The van der Waals surface area contributed by atoms with Crippen LogP contribution in [0.15, 0.2) is 53.1 Å². The number of hydrazine groups is 1. The fourth-order valence-corrected chi connectivity index (χ4v) is 1.75. The molecule has 0 aliphatic carbocycles. The normalized spacial score (nSPS) is 12.3. The maximum absolute atomic E-state index is 5.63. The molecule has 1 aromatic carbocycles. The summed E-state index contributed by atoms with van der Waals surface area (Å²) in [5.74, 6) is 7.33. The molecule has 18 heavy (non-hydrogen) atoms. The zero-order valence-electron chi connectivity index (χ0n) is 10.2. The van der Waals surface area contributed by atoms with Crippen LogP contribution in [0, 0.1) is 0 Å². The van der Waals surface area contributed by atoms with Crippen molar-refractivity contribution in [3.8, 4) is 5.75 Å². The standard InChI is InChI=1S/C14H18N2O2/c15-16-12(11-14-7-4-9-17-14)8-10-18-13-5-2-1-3-6-13/h1-7,9,12,16H,8,10-11,15H2. The zero-order valence-corrected chi connectivity index (χ0v) is 10.2. The molecule has 0 radical (unpaired) electrons. The Morgan fingerprint density at radius 1 is 1.17 bits per heavy atom. The number of nitrogens with two attached hydrogens (primary N) is 1. The number of para-hydroxylation sites is 1. The first-order valence-corrected chi connectivity index (χ1v) is 6.05. The van der Waals surface area contributed by atoms with Crippen LogP contribution in [0.2, 0.25) is 0 Å². The predicted molar refractivity (Wildman–Crippen MR) is 70.1 cm³/mol. The molecule has 0 saturated heterocycles. The van der Waals surface area contributed by atoms with Gasteiger partial charge in [0.15, 0.2) is 0 Å². The monoisotopic (exact) mass is 246 g/mol. The average Bonchev–Trinajstić information content (AvgIpc) is 2.92. The first kappa shape index (κ1) is 12.7. The molecule has 1 heterocycles. The topological polar surface area (TPSA) is 60.4 Å². The van der Waals surface area contributed by atoms with Crippen LogP contribution in [0.25, 0.3) is 0 Å². The molecule has 4 nitrogen and oxygen atoms in total. The van der Waals surface area contributed by atoms with Gasteiger partial charge in [-0.05, 0) is 30.7 Å². The fraction of sp³-hybridized carbons (Fsp3) is 0.286. The van der Waals surface area contributed by atoms with E-state index in [2.05, 4.69) is 5.43 Å². The highest BCUT2D eigenvalue weighted by molar-refractivity contribution is 5.20. The van der Waals surface area contributed by atoms with Gasteiger partial charge in [0.25, 0.3) is 0 Å². The van der Waals surface area contributed by atoms with Gasteiger partial charge in [-0.15, -0.1) is 0 Å². The summed E-state index contributed by atoms with van der Waals surface area (Å²) in [6, 6.07) is 13.7. The molecule has 1 atom stereocenters. The Kier molecular flexibility index (Phi) is 4.81. The van der Waals surface area contributed by atoms with Crippen LogP contribution >= 0.6 is 0 Å². The van der Waals surface area contributed by atoms with E-state index in [1.54, 1.807) is 6.26 Å². The van der Waals surface area contributed by atoms with Gasteiger partial charge in [-0.1, -0.05) is 18.2 Å². The summed E-state index contributed by atoms with van der Waals surface area (Å²) >= 11 is 0. The van der Waals surface area contributed by atoms with Crippen LogP contribution in [0.5, 0.6) is 5.75 Å². The lowest BCUT2D eigenvalue weighted by molar-refractivity contribution is 0.281. The smallest absolute Gasteiger partial charge is 0.119 e. The molecule has 1 unspecified atom stereocenters. The van der Waals surface area contributed by atoms with E-state index >= 15 is 0 Å². The van der Waals surface area contributed by atoms with Crippen molar-refractivity contribution in [1.29, 1.82) is 0 Å². The minimum atomic E-state index is 0.153. The number of hydrogen-bond acceptors (Lipinski definition) is 4. The van der Waals surface area contributed by atoms with Gasteiger partial charge in [0.05, 0.1) is 12.9 Å². The summed E-state index contributed by atoms with van der Waals surface area (Å²) in [6.45, 7) is 0.625. The average molecular weight is 246 g/mol. The Morgan fingerprint density at radius 3 is 2.67 bits per heavy atom. The molecule has 0 amide bonds. The molecule has 0 aliphatic rings. The Hall–Kier alpha value is -1.78. The Balaban J connectivity index is 1.74. The molecule has 3 N–H and O–H groups in total. The van der Waals surface area contributed by atoms with E-state index in [0.717, 1.165) is 24.4 Å². The largest absolute Gasteiger partial charge is 0.494 e. The Bertz CT molecular complexity index is 428. The number of rotatable bonds is 7. The lowest BCUT2D eigenvalue weighted by Crippen LogP contribution is -2.37. The first-order chi connectivity index (χ1) is 8.88. The molecule has 0 aliphatic heterocycles. The van der Waals surface area contributed by atoms with Crippen molar-refractivity contribution in [3.05, 3.63) is 54.5 Å². The lowest BCUT2D eigenvalue weighted by Gasteiger charge is -2.14. The van der Waals surface area contributed by atoms with Crippen LogP contribution in [0.4, 0.5) is 0 Å². The van der Waals surface area contributed by atoms with Gasteiger partial charge >= 0.3 is 0 Å². The van der Waals surface area contributed by atoms with E-state index in [-0.39, 0.29) is 6.04 Å². The van der Waals surface area contributed by atoms with Crippen molar-refractivity contribution in [3.63, 3.8) is 0 Å². The quantitative estimate of drug-likeness (QED) is 0.580. The van der Waals surface area contributed by atoms with Crippen molar-refractivity contribution in [2.75, 3.05) is 6.61 Å². The molecule has 0 saturated carbocycles. The maximum Gasteiger partial charge on any atom is 0.119 e. The van der Waals surface area contributed by atoms with Gasteiger partial charge in [-0.25, -0.2) is 0 Å². The molecular weight excluding hydrogens is 228 g/mol. The van der Waals surface area contributed by atoms with Gasteiger partial charge in [0, 0.05) is 12.5 Å². The third-order valence-corrected chi connectivity index (χ3v) is 2.74. The maximum atomic E-state index is 5.63. The van der Waals surface area contributed by atoms with Gasteiger partial charge in [-0.3, -0.25) is 11.3 Å². The highest BCUT2D eigenvalue weighted by Gasteiger charge is 2.09. The van der Waals surface area contributed by atoms with Crippen molar-refractivity contribution >= 4 is 0 Å². The molecule has 1 aromatic heterocycles. The third kappa shape index (κ3) is 3.91. The second-order valence-corrected chi connectivity index (χ2v) is 4.10. The van der Waals surface area contributed by atoms with Crippen molar-refractivity contribution in [2.24, 2.45) is 5.84 Å². The predicted octanol–water partition coefficient (Wildman–Crippen LogP) is 2.12. The van der Waals surface area contributed by atoms with Crippen LogP contribution in [-0.4, -0.2) is 12.6 Å². The molecule has 2 rings (SSSR count). The minimum absolute atomic E-state index is 0.153. The van der Waals surface area contributed by atoms with Crippen LogP contribution in [0.1, 0.15) is 12.2 Å². The molecule has 4 heteroatoms. The molecule has 0 bridgehead atoms.